The van der Waals surface area contributed by atoms with Gasteiger partial charge in [0, 0.05) is 22.6 Å². The molecule has 35 heavy (non-hydrogen) atoms. The monoisotopic (exact) mass is 466 g/mol. The fraction of sp³-hybridized carbons (Fsp3) is 0.167. The molecule has 0 aliphatic carbocycles. The second kappa shape index (κ2) is 10.3. The second-order valence-corrected chi connectivity index (χ2v) is 8.88. The van der Waals surface area contributed by atoms with Gasteiger partial charge in [-0.25, -0.2) is 0 Å². The summed E-state index contributed by atoms with van der Waals surface area (Å²) in [5.41, 5.74) is 9.98. The zero-order chi connectivity index (χ0) is 24.8. The van der Waals surface area contributed by atoms with Crippen molar-refractivity contribution in [3.05, 3.63) is 114 Å². The smallest absolute Gasteiger partial charge is 0.123 e. The van der Waals surface area contributed by atoms with Crippen molar-refractivity contribution in [1.82, 2.24) is 0 Å². The minimum atomic E-state index is -0.325. The summed E-state index contributed by atoms with van der Waals surface area (Å²) in [7, 11) is 0. The third kappa shape index (κ3) is 5.64. The van der Waals surface area contributed by atoms with E-state index in [2.05, 4.69) is 26.0 Å². The molecule has 178 valence electrons. The highest BCUT2D eigenvalue weighted by molar-refractivity contribution is 5.95. The van der Waals surface area contributed by atoms with Crippen LogP contribution in [-0.4, -0.2) is 24.2 Å². The molecule has 0 aliphatic rings. The van der Waals surface area contributed by atoms with Crippen LogP contribution < -0.4 is 15.2 Å². The summed E-state index contributed by atoms with van der Waals surface area (Å²) in [6, 6.07) is 31.0. The fourth-order valence-electron chi connectivity index (χ4n) is 4.04. The van der Waals surface area contributed by atoms with Gasteiger partial charge in [-0.05, 0) is 34.9 Å². The lowest BCUT2D eigenvalue weighted by molar-refractivity contribution is 0.216. The molecule has 0 heterocycles. The van der Waals surface area contributed by atoms with Crippen LogP contribution in [0, 0.1) is 5.41 Å². The number of nitrogens with one attached hydrogen (secondary N) is 1. The highest BCUT2D eigenvalue weighted by Crippen LogP contribution is 2.38. The largest absolute Gasteiger partial charge is 0.507 e. The van der Waals surface area contributed by atoms with Crippen LogP contribution in [0.25, 0.3) is 11.1 Å². The van der Waals surface area contributed by atoms with E-state index < -0.39 is 0 Å². The predicted octanol–water partition coefficient (Wildman–Crippen LogP) is 6.13. The van der Waals surface area contributed by atoms with Gasteiger partial charge in [-0.2, -0.15) is 0 Å². The molecule has 0 bridgehead atoms. The summed E-state index contributed by atoms with van der Waals surface area (Å²) >= 11 is 0. The van der Waals surface area contributed by atoms with Crippen molar-refractivity contribution in [2.45, 2.75) is 19.3 Å². The summed E-state index contributed by atoms with van der Waals surface area (Å²) in [4.78, 5) is 0. The minimum absolute atomic E-state index is 0.0599. The lowest BCUT2D eigenvalue weighted by Crippen LogP contribution is -2.19. The van der Waals surface area contributed by atoms with Gasteiger partial charge in [0.15, 0.2) is 0 Å². The Morgan fingerprint density at radius 3 is 1.89 bits per heavy atom. The molecule has 4 aromatic rings. The fourth-order valence-corrected chi connectivity index (χ4v) is 4.04. The highest BCUT2D eigenvalue weighted by Gasteiger charge is 2.26. The topological polar surface area (TPSA) is 88.6 Å². The van der Waals surface area contributed by atoms with Crippen molar-refractivity contribution < 1.29 is 14.6 Å². The number of nitrogens with two attached hydrogens (primary N) is 1. The van der Waals surface area contributed by atoms with Gasteiger partial charge in [-0.1, -0.05) is 86.6 Å². The summed E-state index contributed by atoms with van der Waals surface area (Å²) in [5, 5.41) is 18.1. The van der Waals surface area contributed by atoms with Crippen LogP contribution in [0.4, 0.5) is 0 Å². The first kappa shape index (κ1) is 23.9. The third-order valence-electron chi connectivity index (χ3n) is 6.14. The van der Waals surface area contributed by atoms with Crippen LogP contribution in [0.5, 0.6) is 17.2 Å². The van der Waals surface area contributed by atoms with Gasteiger partial charge in [-0.3, -0.25) is 5.41 Å². The Bertz CT molecular complexity index is 1280. The van der Waals surface area contributed by atoms with Crippen molar-refractivity contribution in [3.63, 3.8) is 0 Å². The molecule has 0 unspecified atom stereocenters. The first-order valence-electron chi connectivity index (χ1n) is 11.5. The van der Waals surface area contributed by atoms with Gasteiger partial charge < -0.3 is 20.3 Å². The molecule has 0 amide bonds. The Hall–Kier alpha value is -4.25. The SMILES string of the molecule is CC(C)(c1ccccc1)c1ccc(OCCOc2ccc(-c3ccc(C(=N)N)cc3)cc2)cc1O. The molecule has 4 rings (SSSR count). The number of phenolic OH excluding ortho intramolecular Hbond substituents is 1. The molecule has 4 aromatic carbocycles. The first-order chi connectivity index (χ1) is 16.8. The Morgan fingerprint density at radius 1 is 0.771 bits per heavy atom. The van der Waals surface area contributed by atoms with E-state index in [1.807, 2.05) is 78.9 Å². The maximum atomic E-state index is 10.7. The van der Waals surface area contributed by atoms with Crippen LogP contribution in [0.15, 0.2) is 97.1 Å². The van der Waals surface area contributed by atoms with E-state index >= 15 is 0 Å². The average molecular weight is 467 g/mol. The summed E-state index contributed by atoms with van der Waals surface area (Å²) in [6.07, 6.45) is 0. The number of ether oxygens (including phenoxy) is 2. The highest BCUT2D eigenvalue weighted by atomic mass is 16.5. The molecule has 5 heteroatoms. The van der Waals surface area contributed by atoms with Crippen LogP contribution in [0.2, 0.25) is 0 Å². The van der Waals surface area contributed by atoms with E-state index in [-0.39, 0.29) is 17.0 Å². The zero-order valence-corrected chi connectivity index (χ0v) is 20.0. The van der Waals surface area contributed by atoms with E-state index in [0.717, 1.165) is 28.0 Å². The molecule has 5 nitrogen and oxygen atoms in total. The molecule has 0 aliphatic heterocycles. The van der Waals surface area contributed by atoms with Gasteiger partial charge in [-0.15, -0.1) is 0 Å². The quantitative estimate of drug-likeness (QED) is 0.157. The van der Waals surface area contributed by atoms with Crippen LogP contribution in [-0.2, 0) is 5.41 Å². The molecule has 0 radical (unpaired) electrons. The Balaban J connectivity index is 1.30. The second-order valence-electron chi connectivity index (χ2n) is 8.88. The molecule has 0 saturated heterocycles. The molecule has 0 saturated carbocycles. The lowest BCUT2D eigenvalue weighted by Gasteiger charge is -2.27. The summed E-state index contributed by atoms with van der Waals surface area (Å²) in [6.45, 7) is 4.93. The van der Waals surface area contributed by atoms with Crippen molar-refractivity contribution in [2.24, 2.45) is 5.73 Å². The Morgan fingerprint density at radius 2 is 1.31 bits per heavy atom. The normalized spacial score (nSPS) is 11.1. The number of nitrogen functional groups attached to an aromatic ring is 1. The van der Waals surface area contributed by atoms with E-state index in [1.54, 1.807) is 6.07 Å². The molecular formula is C30H30N2O3. The predicted molar refractivity (Wildman–Crippen MR) is 141 cm³/mol. The summed E-state index contributed by atoms with van der Waals surface area (Å²) < 4.78 is 11.6. The number of phenols is 1. The zero-order valence-electron chi connectivity index (χ0n) is 20.0. The van der Waals surface area contributed by atoms with E-state index in [9.17, 15) is 5.11 Å². The van der Waals surface area contributed by atoms with Crippen molar-refractivity contribution in [2.75, 3.05) is 13.2 Å². The maximum Gasteiger partial charge on any atom is 0.123 e. The van der Waals surface area contributed by atoms with Gasteiger partial charge in [0.05, 0.1) is 0 Å². The average Bonchev–Trinajstić information content (AvgIpc) is 2.87. The molecule has 0 spiro atoms. The first-order valence-corrected chi connectivity index (χ1v) is 11.5. The number of benzene rings is 4. The van der Waals surface area contributed by atoms with Gasteiger partial charge in [0.25, 0.3) is 0 Å². The maximum absolute atomic E-state index is 10.7. The van der Waals surface area contributed by atoms with Crippen molar-refractivity contribution >= 4 is 5.84 Å². The Labute approximate surface area is 206 Å². The van der Waals surface area contributed by atoms with E-state index in [4.69, 9.17) is 20.6 Å². The molecule has 0 atom stereocenters. The van der Waals surface area contributed by atoms with E-state index in [1.165, 1.54) is 0 Å². The Kier molecular flexibility index (Phi) is 7.06. The van der Waals surface area contributed by atoms with Crippen LogP contribution >= 0.6 is 0 Å². The van der Waals surface area contributed by atoms with Gasteiger partial charge >= 0.3 is 0 Å². The standard InChI is InChI=1S/C30H30N2O3/c1-30(2,24-6-4-3-5-7-24)27-17-16-26(20-28(27)33)35-19-18-34-25-14-12-22(13-15-25)21-8-10-23(11-9-21)29(31)32/h3-17,20,33H,18-19H2,1-2H3,(H3,31,32). The lowest BCUT2D eigenvalue weighted by atomic mass is 9.78. The van der Waals surface area contributed by atoms with E-state index in [0.29, 0.717) is 24.5 Å². The number of hydrogen-bond donors (Lipinski definition) is 3. The van der Waals surface area contributed by atoms with Crippen LogP contribution in [0.1, 0.15) is 30.5 Å². The molecule has 4 N–H and O–H groups in total. The molecular weight excluding hydrogens is 436 g/mol. The van der Waals surface area contributed by atoms with Crippen molar-refractivity contribution in [3.8, 4) is 28.4 Å². The number of hydrogen-bond acceptors (Lipinski definition) is 4. The van der Waals surface area contributed by atoms with Gasteiger partial charge in [0.2, 0.25) is 0 Å². The number of rotatable bonds is 9. The third-order valence-corrected chi connectivity index (χ3v) is 6.14. The number of amidine groups is 1. The molecule has 0 fully saturated rings. The van der Waals surface area contributed by atoms with Gasteiger partial charge in [0.1, 0.15) is 36.3 Å². The number of aromatic hydroxyl groups is 1. The summed E-state index contributed by atoms with van der Waals surface area (Å²) in [5.74, 6) is 1.62. The van der Waals surface area contributed by atoms with Crippen LogP contribution in [0.3, 0.4) is 0 Å². The van der Waals surface area contributed by atoms with Crippen molar-refractivity contribution in [1.29, 1.82) is 5.41 Å². The minimum Gasteiger partial charge on any atom is -0.507 e. The molecule has 0 aromatic heterocycles.